The maximum atomic E-state index is 12.0. The molecule has 0 spiro atoms. The second-order valence-electron chi connectivity index (χ2n) is 6.01. The van der Waals surface area contributed by atoms with E-state index in [0.29, 0.717) is 26.1 Å². The van der Waals surface area contributed by atoms with Crippen molar-refractivity contribution in [3.05, 3.63) is 0 Å². The summed E-state index contributed by atoms with van der Waals surface area (Å²) in [4.78, 5) is 24.2. The van der Waals surface area contributed by atoms with E-state index in [0.717, 1.165) is 12.8 Å². The van der Waals surface area contributed by atoms with Crippen LogP contribution in [-0.4, -0.2) is 53.3 Å². The number of rotatable bonds is 6. The first kappa shape index (κ1) is 16.8. The van der Waals surface area contributed by atoms with Crippen molar-refractivity contribution >= 4 is 12.0 Å². The molecule has 1 aliphatic rings. The smallest absolute Gasteiger partial charge is 0.317 e. The zero-order valence-corrected chi connectivity index (χ0v) is 12.6. The van der Waals surface area contributed by atoms with Crippen LogP contribution in [0.3, 0.4) is 0 Å². The third kappa shape index (κ3) is 6.23. The zero-order valence-electron chi connectivity index (χ0n) is 12.6. The Kier molecular flexibility index (Phi) is 6.26. The summed E-state index contributed by atoms with van der Waals surface area (Å²) < 4.78 is 5.76. The van der Waals surface area contributed by atoms with Crippen LogP contribution in [0.25, 0.3) is 0 Å². The number of carbonyl (C=O) groups excluding carboxylic acids is 1. The van der Waals surface area contributed by atoms with Crippen molar-refractivity contribution in [1.29, 1.82) is 0 Å². The molecule has 1 unspecified atom stereocenters. The number of aliphatic carboxylic acids is 1. The Balaban J connectivity index is 2.20. The molecule has 0 radical (unpaired) electrons. The van der Waals surface area contributed by atoms with E-state index in [1.54, 1.807) is 4.90 Å². The molecule has 1 aliphatic heterocycles. The minimum atomic E-state index is -0.765. The highest BCUT2D eigenvalue weighted by molar-refractivity contribution is 5.74. The fourth-order valence-electron chi connectivity index (χ4n) is 2.49. The van der Waals surface area contributed by atoms with E-state index in [1.807, 2.05) is 20.8 Å². The van der Waals surface area contributed by atoms with Gasteiger partial charge in [-0.1, -0.05) is 6.42 Å². The lowest BCUT2D eigenvalue weighted by atomic mass is 10.1. The number of morpholine rings is 1. The number of amides is 2. The predicted molar refractivity (Wildman–Crippen MR) is 75.7 cm³/mol. The molecule has 0 aliphatic carbocycles. The Morgan fingerprint density at radius 1 is 1.35 bits per heavy atom. The first-order valence-corrected chi connectivity index (χ1v) is 7.22. The van der Waals surface area contributed by atoms with E-state index in [4.69, 9.17) is 9.84 Å². The summed E-state index contributed by atoms with van der Waals surface area (Å²) in [5.41, 5.74) is -0.309. The van der Waals surface area contributed by atoms with Gasteiger partial charge in [-0.25, -0.2) is 4.79 Å². The first-order chi connectivity index (χ1) is 9.30. The summed E-state index contributed by atoms with van der Waals surface area (Å²) in [5, 5.41) is 11.4. The maximum Gasteiger partial charge on any atom is 0.317 e. The van der Waals surface area contributed by atoms with Gasteiger partial charge in [-0.15, -0.1) is 0 Å². The fourth-order valence-corrected chi connectivity index (χ4v) is 2.49. The van der Waals surface area contributed by atoms with Gasteiger partial charge in [0.05, 0.1) is 18.2 Å². The SMILES string of the molecule is CC1CN(C(=O)NCCCCCC(=O)O)CC(C)(C)O1. The number of hydrogen-bond donors (Lipinski definition) is 2. The molecule has 1 saturated heterocycles. The van der Waals surface area contributed by atoms with Gasteiger partial charge in [-0.3, -0.25) is 4.79 Å². The lowest BCUT2D eigenvalue weighted by Crippen LogP contribution is -2.56. The first-order valence-electron chi connectivity index (χ1n) is 7.22. The Bertz CT molecular complexity index is 344. The minimum Gasteiger partial charge on any atom is -0.481 e. The van der Waals surface area contributed by atoms with Crippen molar-refractivity contribution in [3.63, 3.8) is 0 Å². The average Bonchev–Trinajstić information content (AvgIpc) is 2.30. The van der Waals surface area contributed by atoms with Crippen LogP contribution in [0.4, 0.5) is 4.79 Å². The number of hydrogen-bond acceptors (Lipinski definition) is 3. The van der Waals surface area contributed by atoms with Crippen molar-refractivity contribution in [2.45, 2.75) is 58.2 Å². The fraction of sp³-hybridized carbons (Fsp3) is 0.857. The van der Waals surface area contributed by atoms with Crippen molar-refractivity contribution in [3.8, 4) is 0 Å². The topological polar surface area (TPSA) is 78.9 Å². The molecule has 116 valence electrons. The molecule has 1 rings (SSSR count). The standard InChI is InChI=1S/C14H26N2O4/c1-11-9-16(10-14(2,3)20-11)13(19)15-8-6-4-5-7-12(17)18/h11H,4-10H2,1-3H3,(H,15,19)(H,17,18). The van der Waals surface area contributed by atoms with Crippen LogP contribution in [0.5, 0.6) is 0 Å². The van der Waals surface area contributed by atoms with Crippen LogP contribution < -0.4 is 5.32 Å². The summed E-state index contributed by atoms with van der Waals surface area (Å²) in [6.07, 6.45) is 2.52. The number of ether oxygens (including phenoxy) is 1. The van der Waals surface area contributed by atoms with Gasteiger partial charge in [0.2, 0.25) is 0 Å². The molecule has 6 nitrogen and oxygen atoms in total. The van der Waals surface area contributed by atoms with Crippen LogP contribution in [0.1, 0.15) is 46.5 Å². The van der Waals surface area contributed by atoms with E-state index in [1.165, 1.54) is 0 Å². The highest BCUT2D eigenvalue weighted by Gasteiger charge is 2.33. The summed E-state index contributed by atoms with van der Waals surface area (Å²) in [7, 11) is 0. The molecular formula is C14H26N2O4. The van der Waals surface area contributed by atoms with Gasteiger partial charge in [0.25, 0.3) is 0 Å². The quantitative estimate of drug-likeness (QED) is 0.730. The normalized spacial score (nSPS) is 21.6. The Labute approximate surface area is 120 Å². The number of nitrogens with one attached hydrogen (secondary N) is 1. The van der Waals surface area contributed by atoms with E-state index < -0.39 is 5.97 Å². The van der Waals surface area contributed by atoms with E-state index in [2.05, 4.69) is 5.32 Å². The van der Waals surface area contributed by atoms with Gasteiger partial charge in [-0.05, 0) is 33.6 Å². The highest BCUT2D eigenvalue weighted by Crippen LogP contribution is 2.20. The largest absolute Gasteiger partial charge is 0.481 e. The summed E-state index contributed by atoms with van der Waals surface area (Å²) >= 11 is 0. The molecule has 0 bridgehead atoms. The Morgan fingerprint density at radius 2 is 2.05 bits per heavy atom. The van der Waals surface area contributed by atoms with Crippen molar-refractivity contribution in [2.75, 3.05) is 19.6 Å². The van der Waals surface area contributed by atoms with Gasteiger partial charge in [0, 0.05) is 19.5 Å². The second kappa shape index (κ2) is 7.47. The molecule has 20 heavy (non-hydrogen) atoms. The van der Waals surface area contributed by atoms with Gasteiger partial charge >= 0.3 is 12.0 Å². The van der Waals surface area contributed by atoms with Crippen molar-refractivity contribution in [2.24, 2.45) is 0 Å². The lowest BCUT2D eigenvalue weighted by molar-refractivity contribution is -0.137. The third-order valence-corrected chi connectivity index (χ3v) is 3.20. The average molecular weight is 286 g/mol. The number of carboxylic acid groups (broad SMARTS) is 1. The third-order valence-electron chi connectivity index (χ3n) is 3.20. The number of urea groups is 1. The molecule has 0 aromatic rings. The van der Waals surface area contributed by atoms with Crippen LogP contribution >= 0.6 is 0 Å². The number of carboxylic acids is 1. The second-order valence-corrected chi connectivity index (χ2v) is 6.01. The molecule has 0 saturated carbocycles. The molecule has 2 N–H and O–H groups in total. The summed E-state index contributed by atoms with van der Waals surface area (Å²) in [6, 6.07) is -0.0635. The summed E-state index contributed by atoms with van der Waals surface area (Å²) in [5.74, 6) is -0.765. The number of nitrogens with zero attached hydrogens (tertiary/aromatic N) is 1. The molecule has 6 heteroatoms. The predicted octanol–water partition coefficient (Wildman–Crippen LogP) is 1.84. The zero-order chi connectivity index (χ0) is 15.2. The van der Waals surface area contributed by atoms with Crippen LogP contribution in [0, 0.1) is 0 Å². The summed E-state index contributed by atoms with van der Waals surface area (Å²) in [6.45, 7) is 7.71. The van der Waals surface area contributed by atoms with Crippen LogP contribution in [0.2, 0.25) is 0 Å². The van der Waals surface area contributed by atoms with Crippen molar-refractivity contribution < 1.29 is 19.4 Å². The van der Waals surface area contributed by atoms with E-state index in [9.17, 15) is 9.59 Å². The molecule has 1 fully saturated rings. The maximum absolute atomic E-state index is 12.0. The molecule has 1 atom stereocenters. The minimum absolute atomic E-state index is 0.0417. The van der Waals surface area contributed by atoms with Gasteiger partial charge in [0.1, 0.15) is 0 Å². The van der Waals surface area contributed by atoms with Gasteiger partial charge in [0.15, 0.2) is 0 Å². The van der Waals surface area contributed by atoms with Crippen LogP contribution in [0.15, 0.2) is 0 Å². The van der Waals surface area contributed by atoms with Gasteiger partial charge < -0.3 is 20.1 Å². The number of unbranched alkanes of at least 4 members (excludes halogenated alkanes) is 2. The van der Waals surface area contributed by atoms with E-state index in [-0.39, 0.29) is 24.2 Å². The van der Waals surface area contributed by atoms with Gasteiger partial charge in [-0.2, -0.15) is 0 Å². The molecule has 0 aromatic heterocycles. The monoisotopic (exact) mass is 286 g/mol. The molecule has 0 aromatic carbocycles. The Morgan fingerprint density at radius 3 is 2.65 bits per heavy atom. The lowest BCUT2D eigenvalue weighted by Gasteiger charge is -2.41. The molecular weight excluding hydrogens is 260 g/mol. The molecule has 2 amide bonds. The Hall–Kier alpha value is -1.30. The van der Waals surface area contributed by atoms with Crippen LogP contribution in [-0.2, 0) is 9.53 Å². The molecule has 1 heterocycles. The van der Waals surface area contributed by atoms with Crippen molar-refractivity contribution in [1.82, 2.24) is 10.2 Å². The van der Waals surface area contributed by atoms with E-state index >= 15 is 0 Å². The number of carbonyl (C=O) groups is 2. The highest BCUT2D eigenvalue weighted by atomic mass is 16.5.